The van der Waals surface area contributed by atoms with E-state index in [-0.39, 0.29) is 11.7 Å². The van der Waals surface area contributed by atoms with E-state index in [4.69, 9.17) is 4.74 Å². The van der Waals surface area contributed by atoms with Crippen LogP contribution in [-0.4, -0.2) is 54.8 Å². The maximum Gasteiger partial charge on any atom is 0.234 e. The molecule has 0 saturated carbocycles. The highest BCUT2D eigenvalue weighted by molar-refractivity contribution is 5.78. The third-order valence-corrected chi connectivity index (χ3v) is 3.54. The van der Waals surface area contributed by atoms with Crippen molar-refractivity contribution in [3.8, 4) is 0 Å². The average Bonchev–Trinajstić information content (AvgIpc) is 2.48. The lowest BCUT2D eigenvalue weighted by atomic mass is 10.0. The fraction of sp³-hybridized carbons (Fsp3) is 0.533. The van der Waals surface area contributed by atoms with Crippen LogP contribution >= 0.6 is 0 Å². The number of benzene rings is 1. The van der Waals surface area contributed by atoms with E-state index >= 15 is 0 Å². The van der Waals surface area contributed by atoms with Crippen molar-refractivity contribution in [1.29, 1.82) is 0 Å². The molecule has 21 heavy (non-hydrogen) atoms. The number of carbonyl (C=O) groups excluding carboxylic acids is 1. The fourth-order valence-corrected chi connectivity index (χ4v) is 2.29. The predicted octanol–water partition coefficient (Wildman–Crippen LogP) is 0.696. The molecule has 1 aromatic carbocycles. The molecule has 2 N–H and O–H groups in total. The summed E-state index contributed by atoms with van der Waals surface area (Å²) < 4.78 is 18.1. The molecule has 1 aliphatic heterocycles. The third-order valence-electron chi connectivity index (χ3n) is 3.54. The molecule has 0 spiro atoms. The average molecular weight is 296 g/mol. The first-order valence-corrected chi connectivity index (χ1v) is 7.09. The van der Waals surface area contributed by atoms with Gasteiger partial charge < -0.3 is 15.2 Å². The van der Waals surface area contributed by atoms with Crippen molar-refractivity contribution < 1.29 is 19.0 Å². The number of rotatable bonds is 5. The molecule has 5 nitrogen and oxygen atoms in total. The van der Waals surface area contributed by atoms with Crippen LogP contribution in [0.1, 0.15) is 18.6 Å². The first-order valence-electron chi connectivity index (χ1n) is 7.09. The molecule has 1 heterocycles. The summed E-state index contributed by atoms with van der Waals surface area (Å²) in [7, 11) is 0. The Kier molecular flexibility index (Phi) is 5.67. The van der Waals surface area contributed by atoms with Gasteiger partial charge in [0.1, 0.15) is 5.82 Å². The molecule has 2 rings (SSSR count). The van der Waals surface area contributed by atoms with Gasteiger partial charge in [-0.15, -0.1) is 0 Å². The molecule has 2 unspecified atom stereocenters. The van der Waals surface area contributed by atoms with Gasteiger partial charge in [0.15, 0.2) is 0 Å². The SMILES string of the molecule is CC(NC(=O)CN1CCOCC1)C(O)c1ccc(F)cc1. The van der Waals surface area contributed by atoms with Crippen LogP contribution in [0.3, 0.4) is 0 Å². The minimum absolute atomic E-state index is 0.134. The number of aliphatic hydroxyl groups excluding tert-OH is 1. The minimum atomic E-state index is -0.862. The van der Waals surface area contributed by atoms with Crippen LogP contribution in [0.2, 0.25) is 0 Å². The zero-order valence-corrected chi connectivity index (χ0v) is 12.1. The Morgan fingerprint density at radius 3 is 2.62 bits per heavy atom. The monoisotopic (exact) mass is 296 g/mol. The normalized spacial score (nSPS) is 19.0. The molecule has 1 aliphatic rings. The maximum absolute atomic E-state index is 12.9. The summed E-state index contributed by atoms with van der Waals surface area (Å²) in [5.74, 6) is -0.486. The maximum atomic E-state index is 12.9. The van der Waals surface area contributed by atoms with E-state index in [9.17, 15) is 14.3 Å². The van der Waals surface area contributed by atoms with Gasteiger partial charge in [0.05, 0.1) is 31.9 Å². The second kappa shape index (κ2) is 7.49. The largest absolute Gasteiger partial charge is 0.386 e. The Bertz CT molecular complexity index is 460. The van der Waals surface area contributed by atoms with E-state index in [0.29, 0.717) is 25.3 Å². The Morgan fingerprint density at radius 1 is 1.38 bits per heavy atom. The van der Waals surface area contributed by atoms with Gasteiger partial charge in [0, 0.05) is 13.1 Å². The van der Waals surface area contributed by atoms with Crippen molar-refractivity contribution in [2.45, 2.75) is 19.1 Å². The Hall–Kier alpha value is -1.50. The predicted molar refractivity (Wildman–Crippen MR) is 76.2 cm³/mol. The molecule has 0 aliphatic carbocycles. The number of halogens is 1. The van der Waals surface area contributed by atoms with Crippen LogP contribution in [-0.2, 0) is 9.53 Å². The van der Waals surface area contributed by atoms with Gasteiger partial charge in [0.2, 0.25) is 5.91 Å². The number of hydrogen-bond acceptors (Lipinski definition) is 4. The lowest BCUT2D eigenvalue weighted by Crippen LogP contribution is -2.46. The van der Waals surface area contributed by atoms with Gasteiger partial charge in [0.25, 0.3) is 0 Å². The second-order valence-electron chi connectivity index (χ2n) is 5.24. The van der Waals surface area contributed by atoms with Gasteiger partial charge >= 0.3 is 0 Å². The smallest absolute Gasteiger partial charge is 0.234 e. The fourth-order valence-electron chi connectivity index (χ4n) is 2.29. The molecule has 0 bridgehead atoms. The molecule has 0 aromatic heterocycles. The Balaban J connectivity index is 1.83. The second-order valence-corrected chi connectivity index (χ2v) is 5.24. The molecule has 1 fully saturated rings. The quantitative estimate of drug-likeness (QED) is 0.839. The molecule has 6 heteroatoms. The van der Waals surface area contributed by atoms with E-state index in [1.165, 1.54) is 24.3 Å². The number of hydrogen-bond donors (Lipinski definition) is 2. The van der Waals surface area contributed by atoms with Crippen LogP contribution < -0.4 is 5.32 Å². The number of aliphatic hydroxyl groups is 1. The molecular weight excluding hydrogens is 275 g/mol. The van der Waals surface area contributed by atoms with Crippen LogP contribution in [0, 0.1) is 5.82 Å². The first kappa shape index (κ1) is 15.9. The summed E-state index contributed by atoms with van der Waals surface area (Å²) in [6, 6.07) is 5.18. The molecular formula is C15H21FN2O3. The number of nitrogens with zero attached hydrogens (tertiary/aromatic N) is 1. The van der Waals surface area contributed by atoms with Crippen LogP contribution in [0.5, 0.6) is 0 Å². The van der Waals surface area contributed by atoms with E-state index in [1.807, 2.05) is 4.90 Å². The van der Waals surface area contributed by atoms with E-state index in [2.05, 4.69) is 5.32 Å². The van der Waals surface area contributed by atoms with E-state index in [0.717, 1.165) is 13.1 Å². The Labute approximate surface area is 123 Å². The highest BCUT2D eigenvalue weighted by atomic mass is 19.1. The number of nitrogens with one attached hydrogen (secondary N) is 1. The van der Waals surface area contributed by atoms with Gasteiger partial charge in [-0.1, -0.05) is 12.1 Å². The van der Waals surface area contributed by atoms with Gasteiger partial charge in [-0.3, -0.25) is 9.69 Å². The summed E-state index contributed by atoms with van der Waals surface area (Å²) in [5.41, 5.74) is 0.579. The van der Waals surface area contributed by atoms with Crippen molar-refractivity contribution in [2.75, 3.05) is 32.8 Å². The van der Waals surface area contributed by atoms with Crippen LogP contribution in [0.25, 0.3) is 0 Å². The summed E-state index contributed by atoms with van der Waals surface area (Å²) in [4.78, 5) is 14.0. The summed E-state index contributed by atoms with van der Waals surface area (Å²) in [6.45, 7) is 4.78. The van der Waals surface area contributed by atoms with Crippen LogP contribution in [0.15, 0.2) is 24.3 Å². The number of morpholine rings is 1. The zero-order chi connectivity index (χ0) is 15.2. The number of ether oxygens (including phenoxy) is 1. The van der Waals surface area contributed by atoms with Crippen molar-refractivity contribution >= 4 is 5.91 Å². The topological polar surface area (TPSA) is 61.8 Å². The van der Waals surface area contributed by atoms with E-state index < -0.39 is 12.1 Å². The Morgan fingerprint density at radius 2 is 2.00 bits per heavy atom. The summed E-state index contributed by atoms with van der Waals surface area (Å²) in [5, 5.41) is 12.9. The number of amides is 1. The highest BCUT2D eigenvalue weighted by Crippen LogP contribution is 2.17. The van der Waals surface area contributed by atoms with Crippen molar-refractivity contribution in [2.24, 2.45) is 0 Å². The lowest BCUT2D eigenvalue weighted by Gasteiger charge is -2.27. The van der Waals surface area contributed by atoms with Crippen molar-refractivity contribution in [3.63, 3.8) is 0 Å². The van der Waals surface area contributed by atoms with Crippen molar-refractivity contribution in [3.05, 3.63) is 35.6 Å². The molecule has 1 amide bonds. The molecule has 1 saturated heterocycles. The molecule has 0 radical (unpaired) electrons. The van der Waals surface area contributed by atoms with Gasteiger partial charge in [-0.05, 0) is 24.6 Å². The summed E-state index contributed by atoms with van der Waals surface area (Å²) in [6.07, 6.45) is -0.862. The first-order chi connectivity index (χ1) is 10.1. The van der Waals surface area contributed by atoms with Crippen LogP contribution in [0.4, 0.5) is 4.39 Å². The van der Waals surface area contributed by atoms with Crippen molar-refractivity contribution in [1.82, 2.24) is 10.2 Å². The highest BCUT2D eigenvalue weighted by Gasteiger charge is 2.20. The molecule has 2 atom stereocenters. The van der Waals surface area contributed by atoms with E-state index in [1.54, 1.807) is 6.92 Å². The van der Waals surface area contributed by atoms with Gasteiger partial charge in [-0.25, -0.2) is 4.39 Å². The molecule has 1 aromatic rings. The molecule has 116 valence electrons. The van der Waals surface area contributed by atoms with Gasteiger partial charge in [-0.2, -0.15) is 0 Å². The zero-order valence-electron chi connectivity index (χ0n) is 12.1. The number of carbonyl (C=O) groups is 1. The lowest BCUT2D eigenvalue weighted by molar-refractivity contribution is -0.124. The standard InChI is InChI=1S/C15H21FN2O3/c1-11(15(20)12-2-4-13(16)5-3-12)17-14(19)10-18-6-8-21-9-7-18/h2-5,11,15,20H,6-10H2,1H3,(H,17,19). The minimum Gasteiger partial charge on any atom is -0.386 e. The third kappa shape index (κ3) is 4.77. The summed E-state index contributed by atoms with van der Waals surface area (Å²) >= 11 is 0.